The number of primary amides is 1. The highest BCUT2D eigenvalue weighted by Crippen LogP contribution is 2.19. The number of aromatic nitrogens is 1. The van der Waals surface area contributed by atoms with Crippen molar-refractivity contribution in [3.05, 3.63) is 71.0 Å². The van der Waals surface area contributed by atoms with Crippen LogP contribution in [0, 0.1) is 5.82 Å². The van der Waals surface area contributed by atoms with Crippen molar-refractivity contribution in [3.8, 4) is 0 Å². The van der Waals surface area contributed by atoms with E-state index in [-0.39, 0.29) is 22.1 Å². The smallest absolute Gasteiger partial charge is 0.325 e. The lowest BCUT2D eigenvalue weighted by Crippen LogP contribution is -2.20. The number of thiazole rings is 1. The molecule has 0 unspecified atom stereocenters. The first-order valence-corrected chi connectivity index (χ1v) is 8.79. The fourth-order valence-corrected chi connectivity index (χ4v) is 2.91. The van der Waals surface area contributed by atoms with E-state index in [4.69, 9.17) is 5.73 Å². The second kappa shape index (κ2) is 8.27. The molecule has 0 spiro atoms. The summed E-state index contributed by atoms with van der Waals surface area (Å²) in [5, 5.41) is 9.20. The predicted molar refractivity (Wildman–Crippen MR) is 104 cm³/mol. The van der Waals surface area contributed by atoms with E-state index >= 15 is 0 Å². The summed E-state index contributed by atoms with van der Waals surface area (Å²) in [7, 11) is 0. The van der Waals surface area contributed by atoms with E-state index in [1.54, 1.807) is 18.2 Å². The molecule has 4 amide bonds. The van der Waals surface area contributed by atoms with Crippen LogP contribution in [0.2, 0.25) is 0 Å². The normalized spacial score (nSPS) is 10.2. The van der Waals surface area contributed by atoms with Crippen LogP contribution in [-0.4, -0.2) is 22.8 Å². The molecule has 5 N–H and O–H groups in total. The maximum absolute atomic E-state index is 12.9. The zero-order chi connectivity index (χ0) is 20.1. The van der Waals surface area contributed by atoms with Gasteiger partial charge < -0.3 is 16.4 Å². The van der Waals surface area contributed by atoms with Crippen LogP contribution in [-0.2, 0) is 0 Å². The van der Waals surface area contributed by atoms with Crippen molar-refractivity contribution >= 4 is 45.7 Å². The lowest BCUT2D eigenvalue weighted by molar-refractivity contribution is 0.100. The third kappa shape index (κ3) is 4.68. The van der Waals surface area contributed by atoms with E-state index in [2.05, 4.69) is 20.9 Å². The molecule has 3 aromatic rings. The Kier molecular flexibility index (Phi) is 5.61. The molecule has 0 fully saturated rings. The van der Waals surface area contributed by atoms with Crippen molar-refractivity contribution < 1.29 is 18.8 Å². The van der Waals surface area contributed by atoms with Crippen LogP contribution >= 0.6 is 11.3 Å². The van der Waals surface area contributed by atoms with E-state index in [0.29, 0.717) is 5.69 Å². The van der Waals surface area contributed by atoms with Crippen LogP contribution in [0.15, 0.2) is 53.9 Å². The lowest BCUT2D eigenvalue weighted by atomic mass is 10.1. The summed E-state index contributed by atoms with van der Waals surface area (Å²) in [5.74, 6) is -1.65. The Morgan fingerprint density at radius 1 is 0.964 bits per heavy atom. The summed E-state index contributed by atoms with van der Waals surface area (Å²) < 4.78 is 12.9. The van der Waals surface area contributed by atoms with Crippen LogP contribution in [0.5, 0.6) is 0 Å². The molecule has 1 heterocycles. The molecule has 0 saturated carbocycles. The van der Waals surface area contributed by atoms with Crippen molar-refractivity contribution in [3.63, 3.8) is 0 Å². The van der Waals surface area contributed by atoms with Crippen LogP contribution in [0.4, 0.5) is 25.7 Å². The van der Waals surface area contributed by atoms with Gasteiger partial charge in [-0.3, -0.25) is 14.9 Å². The third-order valence-corrected chi connectivity index (χ3v) is 4.26. The minimum Gasteiger partial charge on any atom is -0.366 e. The summed E-state index contributed by atoms with van der Waals surface area (Å²) in [6, 6.07) is 11.0. The van der Waals surface area contributed by atoms with Crippen molar-refractivity contribution in [2.75, 3.05) is 16.0 Å². The Labute approximate surface area is 162 Å². The van der Waals surface area contributed by atoms with Gasteiger partial charge in [0.1, 0.15) is 11.5 Å². The number of halogens is 1. The van der Waals surface area contributed by atoms with Crippen LogP contribution < -0.4 is 21.7 Å². The summed E-state index contributed by atoms with van der Waals surface area (Å²) in [6.45, 7) is 0. The molecule has 10 heteroatoms. The van der Waals surface area contributed by atoms with E-state index in [0.717, 1.165) is 11.3 Å². The van der Waals surface area contributed by atoms with E-state index in [1.165, 1.54) is 35.7 Å². The average molecular weight is 399 g/mol. The number of hydrogen-bond donors (Lipinski definition) is 4. The number of carbonyl (C=O) groups is 3. The van der Waals surface area contributed by atoms with Gasteiger partial charge in [-0.05, 0) is 36.4 Å². The first kappa shape index (κ1) is 19.0. The Morgan fingerprint density at radius 3 is 2.39 bits per heavy atom. The zero-order valence-electron chi connectivity index (χ0n) is 14.2. The highest BCUT2D eigenvalue weighted by molar-refractivity contribution is 7.14. The van der Waals surface area contributed by atoms with Crippen LogP contribution in [0.3, 0.4) is 0 Å². The minimum atomic E-state index is -0.672. The van der Waals surface area contributed by atoms with Gasteiger partial charge in [0.2, 0.25) is 0 Å². The van der Waals surface area contributed by atoms with Gasteiger partial charge in [0.25, 0.3) is 11.8 Å². The summed E-state index contributed by atoms with van der Waals surface area (Å²) in [5.41, 5.74) is 6.17. The number of carbonyl (C=O) groups excluding carboxylic acids is 3. The topological polar surface area (TPSA) is 126 Å². The molecule has 0 saturated heterocycles. The molecule has 2 aromatic carbocycles. The maximum Gasteiger partial charge on any atom is 0.325 e. The standard InChI is InChI=1S/C18H14FN5O3S/c19-10-5-7-11(8-6-10)21-17(27)24-18-23-14(9-28-18)16(26)22-13-4-2-1-3-12(13)15(20)25/h1-9H,(H2,20,25)(H,22,26)(H2,21,23,24,27). The Bertz CT molecular complexity index is 1040. The van der Waals surface area contributed by atoms with Crippen LogP contribution in [0.1, 0.15) is 20.8 Å². The molecule has 8 nitrogen and oxygen atoms in total. The lowest BCUT2D eigenvalue weighted by Gasteiger charge is -2.07. The minimum absolute atomic E-state index is 0.0568. The molecule has 0 radical (unpaired) electrons. The van der Waals surface area contributed by atoms with Gasteiger partial charge in [-0.1, -0.05) is 12.1 Å². The van der Waals surface area contributed by atoms with Gasteiger partial charge in [0, 0.05) is 11.1 Å². The molecular weight excluding hydrogens is 385 g/mol. The molecule has 28 heavy (non-hydrogen) atoms. The van der Waals surface area contributed by atoms with Crippen molar-refractivity contribution in [1.82, 2.24) is 4.98 Å². The highest BCUT2D eigenvalue weighted by Gasteiger charge is 2.15. The van der Waals surface area contributed by atoms with Gasteiger partial charge in [-0.2, -0.15) is 0 Å². The number of benzene rings is 2. The first-order valence-electron chi connectivity index (χ1n) is 7.91. The number of nitrogens with zero attached hydrogens (tertiary/aromatic N) is 1. The number of hydrogen-bond acceptors (Lipinski definition) is 5. The SMILES string of the molecule is NC(=O)c1ccccc1NC(=O)c1csc(NC(=O)Nc2ccc(F)cc2)n1. The predicted octanol–water partition coefficient (Wildman–Crippen LogP) is 3.28. The molecular formula is C18H14FN5O3S. The zero-order valence-corrected chi connectivity index (χ0v) is 15.0. The Balaban J connectivity index is 1.63. The molecule has 3 rings (SSSR count). The number of rotatable bonds is 5. The average Bonchev–Trinajstić information content (AvgIpc) is 3.12. The largest absolute Gasteiger partial charge is 0.366 e. The number of para-hydroxylation sites is 1. The number of nitrogens with one attached hydrogen (secondary N) is 3. The number of nitrogens with two attached hydrogens (primary N) is 1. The second-order valence-corrected chi connectivity index (χ2v) is 6.35. The summed E-state index contributed by atoms with van der Waals surface area (Å²) >= 11 is 1.04. The molecule has 0 atom stereocenters. The summed E-state index contributed by atoms with van der Waals surface area (Å²) in [4.78, 5) is 39.7. The highest BCUT2D eigenvalue weighted by atomic mass is 32.1. The van der Waals surface area contributed by atoms with Crippen molar-refractivity contribution in [1.29, 1.82) is 0 Å². The van der Waals surface area contributed by atoms with E-state index in [9.17, 15) is 18.8 Å². The molecule has 0 aliphatic carbocycles. The van der Waals surface area contributed by atoms with Crippen LogP contribution in [0.25, 0.3) is 0 Å². The molecule has 0 aliphatic rings. The van der Waals surface area contributed by atoms with Gasteiger partial charge in [-0.15, -0.1) is 11.3 Å². The Hall–Kier alpha value is -3.79. The monoisotopic (exact) mass is 399 g/mol. The molecule has 1 aromatic heterocycles. The quantitative estimate of drug-likeness (QED) is 0.525. The van der Waals surface area contributed by atoms with Crippen molar-refractivity contribution in [2.45, 2.75) is 0 Å². The summed E-state index contributed by atoms with van der Waals surface area (Å²) in [6.07, 6.45) is 0. The van der Waals surface area contributed by atoms with Crippen molar-refractivity contribution in [2.24, 2.45) is 5.73 Å². The first-order chi connectivity index (χ1) is 13.4. The molecule has 0 aliphatic heterocycles. The second-order valence-electron chi connectivity index (χ2n) is 5.49. The van der Waals surface area contributed by atoms with Gasteiger partial charge in [0.05, 0.1) is 11.3 Å². The number of anilines is 3. The van der Waals surface area contributed by atoms with Gasteiger partial charge in [-0.25, -0.2) is 14.2 Å². The van der Waals surface area contributed by atoms with E-state index < -0.39 is 23.7 Å². The van der Waals surface area contributed by atoms with Gasteiger partial charge >= 0.3 is 6.03 Å². The fourth-order valence-electron chi connectivity index (χ4n) is 2.22. The fraction of sp³-hybridized carbons (Fsp3) is 0. The maximum atomic E-state index is 12.9. The Morgan fingerprint density at radius 2 is 1.68 bits per heavy atom. The molecule has 142 valence electrons. The van der Waals surface area contributed by atoms with E-state index in [1.807, 2.05) is 0 Å². The van der Waals surface area contributed by atoms with Gasteiger partial charge in [0.15, 0.2) is 5.13 Å². The number of amides is 4. The number of urea groups is 1. The third-order valence-electron chi connectivity index (χ3n) is 3.50. The molecule has 0 bridgehead atoms.